The number of nitrogens with zero attached hydrogens (tertiary/aromatic N) is 3. The number of likely N-dealkylation sites (tertiary alicyclic amines) is 1. The van der Waals surface area contributed by atoms with Gasteiger partial charge in [-0.3, -0.25) is 9.80 Å². The first kappa shape index (κ1) is 15.7. The molecule has 2 fully saturated rings. The molecule has 124 valence electrons. The van der Waals surface area contributed by atoms with E-state index < -0.39 is 0 Å². The van der Waals surface area contributed by atoms with Crippen LogP contribution in [0.5, 0.6) is 0 Å². The van der Waals surface area contributed by atoms with Crippen molar-refractivity contribution in [3.8, 4) is 0 Å². The van der Waals surface area contributed by atoms with Gasteiger partial charge in [0.2, 0.25) is 0 Å². The van der Waals surface area contributed by atoms with Gasteiger partial charge in [-0.2, -0.15) is 0 Å². The molecule has 0 saturated carbocycles. The third-order valence-corrected chi connectivity index (χ3v) is 6.46. The second-order valence-electron chi connectivity index (χ2n) is 6.73. The van der Waals surface area contributed by atoms with Gasteiger partial charge in [0, 0.05) is 48.0 Å². The quantitative estimate of drug-likeness (QED) is 0.849. The molecule has 2 saturated heterocycles. The zero-order valence-corrected chi connectivity index (χ0v) is 15.0. The topological polar surface area (TPSA) is 28.6 Å². The van der Waals surface area contributed by atoms with Crippen LogP contribution in [0, 0.1) is 5.41 Å². The summed E-state index contributed by atoms with van der Waals surface area (Å²) in [6.45, 7) is 8.30. The van der Waals surface area contributed by atoms with Crippen molar-refractivity contribution in [2.45, 2.75) is 19.5 Å². The van der Waals surface area contributed by atoms with E-state index in [2.05, 4.69) is 37.7 Å². The Kier molecular flexibility index (Phi) is 4.78. The smallest absolute Gasteiger partial charge is 0.107 e. The molecule has 0 unspecified atom stereocenters. The lowest BCUT2D eigenvalue weighted by Gasteiger charge is -2.31. The van der Waals surface area contributed by atoms with E-state index in [0.717, 1.165) is 45.9 Å². The molecule has 0 N–H and O–H groups in total. The number of thiazole rings is 1. The van der Waals surface area contributed by atoms with Gasteiger partial charge in [0.15, 0.2) is 0 Å². The second kappa shape index (κ2) is 6.99. The fraction of sp³-hybridized carbons (Fsp3) is 0.588. The lowest BCUT2D eigenvalue weighted by molar-refractivity contribution is 0.0707. The van der Waals surface area contributed by atoms with Gasteiger partial charge in [0.05, 0.1) is 19.8 Å². The van der Waals surface area contributed by atoms with Gasteiger partial charge >= 0.3 is 0 Å². The molecule has 4 rings (SSSR count). The number of rotatable bonds is 4. The number of hydrogen-bond acceptors (Lipinski definition) is 6. The molecule has 0 radical (unpaired) electrons. The molecule has 4 heterocycles. The minimum atomic E-state index is 0.297. The molecule has 4 nitrogen and oxygen atoms in total. The lowest BCUT2D eigenvalue weighted by Crippen LogP contribution is -2.40. The van der Waals surface area contributed by atoms with Gasteiger partial charge in [-0.15, -0.1) is 22.7 Å². The number of hydrogen-bond donors (Lipinski definition) is 0. The van der Waals surface area contributed by atoms with Gasteiger partial charge in [0.25, 0.3) is 0 Å². The monoisotopic (exact) mass is 349 g/mol. The Hall–Kier alpha value is -0.790. The molecule has 0 amide bonds. The lowest BCUT2D eigenvalue weighted by atomic mass is 9.87. The van der Waals surface area contributed by atoms with Crippen LogP contribution in [0.1, 0.15) is 16.3 Å². The number of aromatic nitrogens is 1. The fourth-order valence-electron chi connectivity index (χ4n) is 3.77. The molecular weight excluding hydrogens is 326 g/mol. The minimum absolute atomic E-state index is 0.297. The van der Waals surface area contributed by atoms with Crippen LogP contribution in [0.4, 0.5) is 0 Å². The first-order chi connectivity index (χ1) is 11.3. The Morgan fingerprint density at radius 3 is 2.83 bits per heavy atom. The van der Waals surface area contributed by atoms with E-state index in [1.165, 1.54) is 22.9 Å². The Bertz CT molecular complexity index is 601. The summed E-state index contributed by atoms with van der Waals surface area (Å²) in [6, 6.07) is 4.39. The predicted octanol–water partition coefficient (Wildman–Crippen LogP) is 2.93. The van der Waals surface area contributed by atoms with E-state index in [1.54, 1.807) is 11.3 Å². The van der Waals surface area contributed by atoms with E-state index >= 15 is 0 Å². The molecule has 0 aromatic carbocycles. The maximum absolute atomic E-state index is 5.98. The van der Waals surface area contributed by atoms with Crippen molar-refractivity contribution in [2.24, 2.45) is 5.41 Å². The summed E-state index contributed by atoms with van der Waals surface area (Å²) in [5, 5.41) is 5.46. The van der Waals surface area contributed by atoms with Gasteiger partial charge in [-0.1, -0.05) is 6.07 Å². The summed E-state index contributed by atoms with van der Waals surface area (Å²) in [7, 11) is 0. The van der Waals surface area contributed by atoms with Crippen molar-refractivity contribution in [2.75, 3.05) is 39.4 Å². The summed E-state index contributed by atoms with van der Waals surface area (Å²) in [5.74, 6) is 0. The van der Waals surface area contributed by atoms with Crippen molar-refractivity contribution in [1.29, 1.82) is 0 Å². The van der Waals surface area contributed by atoms with Gasteiger partial charge in [-0.25, -0.2) is 4.98 Å². The largest absolute Gasteiger partial charge is 0.379 e. The van der Waals surface area contributed by atoms with Crippen molar-refractivity contribution in [1.82, 2.24) is 14.8 Å². The Morgan fingerprint density at radius 2 is 2.04 bits per heavy atom. The van der Waals surface area contributed by atoms with Crippen LogP contribution in [0.3, 0.4) is 0 Å². The fourth-order valence-corrected chi connectivity index (χ4v) is 5.17. The first-order valence-electron chi connectivity index (χ1n) is 8.25. The van der Waals surface area contributed by atoms with Crippen LogP contribution in [0.2, 0.25) is 0 Å². The van der Waals surface area contributed by atoms with Crippen LogP contribution in [-0.2, 0) is 17.8 Å². The third kappa shape index (κ3) is 3.83. The summed E-state index contributed by atoms with van der Waals surface area (Å²) in [6.07, 6.45) is 3.15. The maximum Gasteiger partial charge on any atom is 0.107 e. The average molecular weight is 350 g/mol. The average Bonchev–Trinajstić information content (AvgIpc) is 3.25. The van der Waals surface area contributed by atoms with E-state index in [1.807, 2.05) is 17.5 Å². The van der Waals surface area contributed by atoms with E-state index in [9.17, 15) is 0 Å². The molecule has 1 atom stereocenters. The highest BCUT2D eigenvalue weighted by Crippen LogP contribution is 2.35. The van der Waals surface area contributed by atoms with Gasteiger partial charge < -0.3 is 4.74 Å². The van der Waals surface area contributed by atoms with E-state index in [4.69, 9.17) is 4.74 Å². The van der Waals surface area contributed by atoms with E-state index in [0.29, 0.717) is 5.41 Å². The summed E-state index contributed by atoms with van der Waals surface area (Å²) in [5.41, 5.74) is 0.297. The van der Waals surface area contributed by atoms with Gasteiger partial charge in [-0.05, 0) is 24.4 Å². The normalized spacial score (nSPS) is 26.8. The Labute approximate surface area is 145 Å². The van der Waals surface area contributed by atoms with Crippen molar-refractivity contribution >= 4 is 22.7 Å². The molecule has 0 bridgehead atoms. The number of ether oxygens (including phenoxy) is 1. The van der Waals surface area contributed by atoms with Crippen LogP contribution >= 0.6 is 22.7 Å². The van der Waals surface area contributed by atoms with Crippen molar-refractivity contribution < 1.29 is 4.74 Å². The summed E-state index contributed by atoms with van der Waals surface area (Å²) >= 11 is 3.62. The molecule has 1 spiro atoms. The molecule has 0 aliphatic carbocycles. The summed E-state index contributed by atoms with van der Waals surface area (Å²) < 4.78 is 5.98. The van der Waals surface area contributed by atoms with Crippen LogP contribution < -0.4 is 0 Å². The SMILES string of the molecule is c1csc(CN2CC[C@]3(COCCN(Cc4nccs4)C3)C2)c1. The molecular formula is C17H23N3OS2. The highest BCUT2D eigenvalue weighted by Gasteiger charge is 2.41. The van der Waals surface area contributed by atoms with Crippen molar-refractivity contribution in [3.63, 3.8) is 0 Å². The maximum atomic E-state index is 5.98. The first-order valence-corrected chi connectivity index (χ1v) is 10.0. The molecule has 2 aliphatic rings. The zero-order chi connectivity index (χ0) is 15.5. The van der Waals surface area contributed by atoms with Crippen molar-refractivity contribution in [3.05, 3.63) is 39.0 Å². The molecule has 6 heteroatoms. The van der Waals surface area contributed by atoms with Gasteiger partial charge in [0.1, 0.15) is 5.01 Å². The highest BCUT2D eigenvalue weighted by atomic mass is 32.1. The highest BCUT2D eigenvalue weighted by molar-refractivity contribution is 7.10. The van der Waals surface area contributed by atoms with E-state index in [-0.39, 0.29) is 0 Å². The Morgan fingerprint density at radius 1 is 1.13 bits per heavy atom. The predicted molar refractivity (Wildman–Crippen MR) is 94.9 cm³/mol. The van der Waals surface area contributed by atoms with Crippen LogP contribution in [0.15, 0.2) is 29.1 Å². The van der Waals surface area contributed by atoms with Crippen LogP contribution in [-0.4, -0.2) is 54.2 Å². The zero-order valence-electron chi connectivity index (χ0n) is 13.3. The molecule has 23 heavy (non-hydrogen) atoms. The molecule has 2 aromatic heterocycles. The van der Waals surface area contributed by atoms with Crippen LogP contribution in [0.25, 0.3) is 0 Å². The molecule has 2 aliphatic heterocycles. The minimum Gasteiger partial charge on any atom is -0.379 e. The molecule has 2 aromatic rings. The Balaban J connectivity index is 1.40. The standard InChI is InChI=1S/C17H23N3OS2/c1-2-15(22-8-1)10-19-5-3-17(12-19)13-20(6-7-21-14-17)11-16-18-4-9-23-16/h1-2,4,8-9H,3,5-7,10-14H2/t17-/m0/s1. The second-order valence-corrected chi connectivity index (χ2v) is 8.74. The number of thiophene rings is 1. The summed E-state index contributed by atoms with van der Waals surface area (Å²) in [4.78, 5) is 11.1. The third-order valence-electron chi connectivity index (χ3n) is 4.84.